The summed E-state index contributed by atoms with van der Waals surface area (Å²) in [6.45, 7) is 3.74. The number of rotatable bonds is 6. The van der Waals surface area contributed by atoms with Crippen LogP contribution in [0.2, 0.25) is 0 Å². The molecule has 1 fully saturated rings. The summed E-state index contributed by atoms with van der Waals surface area (Å²) in [4.78, 5) is 4.43. The Labute approximate surface area is 185 Å². The summed E-state index contributed by atoms with van der Waals surface area (Å²) in [5.74, 6) is -2.51. The van der Waals surface area contributed by atoms with E-state index >= 15 is 0 Å². The van der Waals surface area contributed by atoms with Crippen LogP contribution in [0.5, 0.6) is 5.75 Å². The van der Waals surface area contributed by atoms with Gasteiger partial charge in [0.2, 0.25) is 6.29 Å². The second-order valence-corrected chi connectivity index (χ2v) is 8.17. The molecule has 1 aliphatic heterocycles. The standard InChI is InChI=1S/C23H28N2O7/c1-3-14-4-6-15(7-5-14)10-25-12-24-16-8-13(2)9-17(19(16)25)32-23(30)21(28)20(27)18(11-26)31-22(23)29/h4-9,12,18,20-22,26-30H,3,10-11H2,1-2H3/t18-,20-,21+,22+,23+/m0/s1. The largest absolute Gasteiger partial charge is 0.452 e. The molecule has 1 aliphatic rings. The van der Waals surface area contributed by atoms with E-state index in [4.69, 9.17) is 9.47 Å². The summed E-state index contributed by atoms with van der Waals surface area (Å²) in [5.41, 5.74) is 4.19. The van der Waals surface area contributed by atoms with Crippen molar-refractivity contribution in [3.8, 4) is 5.75 Å². The monoisotopic (exact) mass is 444 g/mol. The number of ether oxygens (including phenoxy) is 2. The van der Waals surface area contributed by atoms with Gasteiger partial charge in [-0.25, -0.2) is 4.98 Å². The highest BCUT2D eigenvalue weighted by atomic mass is 16.7. The summed E-state index contributed by atoms with van der Waals surface area (Å²) >= 11 is 0. The molecule has 5 N–H and O–H groups in total. The van der Waals surface area contributed by atoms with E-state index in [-0.39, 0.29) is 5.75 Å². The molecular weight excluding hydrogens is 416 g/mol. The van der Waals surface area contributed by atoms with Crippen LogP contribution >= 0.6 is 0 Å². The molecule has 1 saturated heterocycles. The Morgan fingerprint density at radius 1 is 1.12 bits per heavy atom. The SMILES string of the molecule is CCc1ccc(Cn2cnc3cc(C)cc(O[C@@]4(O)[C@H](O)O[C@@H](CO)[C@H](O)[C@H]4O)c32)cc1. The predicted molar refractivity (Wildman–Crippen MR) is 115 cm³/mol. The Morgan fingerprint density at radius 3 is 2.47 bits per heavy atom. The lowest BCUT2D eigenvalue weighted by molar-refractivity contribution is -0.385. The van der Waals surface area contributed by atoms with Crippen molar-refractivity contribution in [3.63, 3.8) is 0 Å². The minimum absolute atomic E-state index is 0.154. The fourth-order valence-corrected chi connectivity index (χ4v) is 3.95. The number of nitrogens with zero attached hydrogens (tertiary/aromatic N) is 2. The average molecular weight is 444 g/mol. The molecule has 0 spiro atoms. The average Bonchev–Trinajstić information content (AvgIpc) is 3.18. The van der Waals surface area contributed by atoms with Crippen LogP contribution in [-0.2, 0) is 17.7 Å². The third-order valence-corrected chi connectivity index (χ3v) is 5.85. The van der Waals surface area contributed by atoms with E-state index in [1.165, 1.54) is 5.56 Å². The van der Waals surface area contributed by atoms with Crippen molar-refractivity contribution in [2.75, 3.05) is 6.61 Å². The van der Waals surface area contributed by atoms with Crippen LogP contribution in [0.1, 0.15) is 23.6 Å². The van der Waals surface area contributed by atoms with Crippen molar-refractivity contribution >= 4 is 11.0 Å². The second kappa shape index (κ2) is 8.78. The zero-order chi connectivity index (χ0) is 23.0. The normalized spacial score (nSPS) is 28.2. The number of aliphatic hydroxyl groups excluding tert-OH is 4. The molecule has 0 unspecified atom stereocenters. The maximum absolute atomic E-state index is 11.0. The van der Waals surface area contributed by atoms with Crippen molar-refractivity contribution in [1.29, 1.82) is 0 Å². The summed E-state index contributed by atoms with van der Waals surface area (Å²) < 4.78 is 12.6. The first-order chi connectivity index (χ1) is 15.3. The van der Waals surface area contributed by atoms with Crippen molar-refractivity contribution in [1.82, 2.24) is 9.55 Å². The molecular formula is C23H28N2O7. The lowest BCUT2D eigenvalue weighted by atomic mass is 9.96. The maximum Gasteiger partial charge on any atom is 0.288 e. The number of hydrogen-bond donors (Lipinski definition) is 5. The van der Waals surface area contributed by atoms with Crippen molar-refractivity contribution < 1.29 is 35.0 Å². The molecule has 0 saturated carbocycles. The van der Waals surface area contributed by atoms with E-state index in [1.807, 2.05) is 29.7 Å². The Bertz CT molecular complexity index is 1080. The number of aryl methyl sites for hydroxylation is 2. The fraction of sp³-hybridized carbons (Fsp3) is 0.435. The van der Waals surface area contributed by atoms with E-state index in [0.717, 1.165) is 17.5 Å². The van der Waals surface area contributed by atoms with Crippen LogP contribution in [0.4, 0.5) is 0 Å². The minimum atomic E-state index is -2.66. The van der Waals surface area contributed by atoms with E-state index in [1.54, 1.807) is 12.4 Å². The lowest BCUT2D eigenvalue weighted by Crippen LogP contribution is -2.69. The van der Waals surface area contributed by atoms with Crippen LogP contribution in [-0.4, -0.2) is 72.1 Å². The van der Waals surface area contributed by atoms with Crippen molar-refractivity contribution in [2.45, 2.75) is 57.2 Å². The smallest absolute Gasteiger partial charge is 0.288 e. The summed E-state index contributed by atoms with van der Waals surface area (Å²) in [6, 6.07) is 11.7. The molecule has 4 rings (SSSR count). The zero-order valence-corrected chi connectivity index (χ0v) is 17.9. The van der Waals surface area contributed by atoms with Gasteiger partial charge in [0, 0.05) is 6.54 Å². The van der Waals surface area contributed by atoms with Gasteiger partial charge in [0.15, 0.2) is 6.10 Å². The Hall–Kier alpha value is -2.53. The zero-order valence-electron chi connectivity index (χ0n) is 17.9. The number of imidazole rings is 1. The molecule has 2 heterocycles. The molecule has 32 heavy (non-hydrogen) atoms. The van der Waals surface area contributed by atoms with Crippen LogP contribution in [0, 0.1) is 6.92 Å². The molecule has 2 aromatic carbocycles. The topological polar surface area (TPSA) is 137 Å². The van der Waals surface area contributed by atoms with Gasteiger partial charge in [-0.1, -0.05) is 31.2 Å². The quantitative estimate of drug-likeness (QED) is 0.346. The molecule has 0 radical (unpaired) electrons. The third-order valence-electron chi connectivity index (χ3n) is 5.85. The molecule has 5 atom stereocenters. The van der Waals surface area contributed by atoms with Gasteiger partial charge >= 0.3 is 0 Å². The van der Waals surface area contributed by atoms with E-state index < -0.39 is 37.0 Å². The fourth-order valence-electron chi connectivity index (χ4n) is 3.95. The number of fused-ring (bicyclic) bond motifs is 1. The molecule has 0 amide bonds. The first-order valence-corrected chi connectivity index (χ1v) is 10.5. The Kier molecular flexibility index (Phi) is 6.22. The maximum atomic E-state index is 11.0. The molecule has 9 nitrogen and oxygen atoms in total. The summed E-state index contributed by atoms with van der Waals surface area (Å²) in [5, 5.41) is 51.2. The highest BCUT2D eigenvalue weighted by molar-refractivity contribution is 5.83. The highest BCUT2D eigenvalue weighted by Crippen LogP contribution is 2.35. The van der Waals surface area contributed by atoms with E-state index in [2.05, 4.69) is 24.0 Å². The third kappa shape index (κ3) is 3.99. The van der Waals surface area contributed by atoms with Crippen molar-refractivity contribution in [2.24, 2.45) is 0 Å². The summed E-state index contributed by atoms with van der Waals surface area (Å²) in [6.07, 6.45) is -4.28. The van der Waals surface area contributed by atoms with Gasteiger partial charge in [-0.3, -0.25) is 0 Å². The number of benzene rings is 2. The number of aliphatic hydroxyl groups is 5. The van der Waals surface area contributed by atoms with Gasteiger partial charge in [0.25, 0.3) is 5.79 Å². The van der Waals surface area contributed by atoms with Crippen LogP contribution in [0.3, 0.4) is 0 Å². The van der Waals surface area contributed by atoms with Gasteiger partial charge in [0.05, 0.1) is 18.5 Å². The van der Waals surface area contributed by atoms with Crippen LogP contribution in [0.15, 0.2) is 42.7 Å². The summed E-state index contributed by atoms with van der Waals surface area (Å²) in [7, 11) is 0. The van der Waals surface area contributed by atoms with Gasteiger partial charge in [0.1, 0.15) is 23.5 Å². The molecule has 0 bridgehead atoms. The first-order valence-electron chi connectivity index (χ1n) is 10.5. The van der Waals surface area contributed by atoms with Gasteiger partial charge in [-0.05, 0) is 42.2 Å². The Balaban J connectivity index is 1.71. The minimum Gasteiger partial charge on any atom is -0.452 e. The van der Waals surface area contributed by atoms with Gasteiger partial charge < -0.3 is 39.6 Å². The van der Waals surface area contributed by atoms with Crippen LogP contribution < -0.4 is 4.74 Å². The Morgan fingerprint density at radius 2 is 1.81 bits per heavy atom. The van der Waals surface area contributed by atoms with E-state index in [9.17, 15) is 25.5 Å². The predicted octanol–water partition coefficient (Wildman–Crippen LogP) is 0.454. The molecule has 3 aromatic rings. The first kappa shape index (κ1) is 22.7. The van der Waals surface area contributed by atoms with Gasteiger partial charge in [-0.15, -0.1) is 0 Å². The highest BCUT2D eigenvalue weighted by Gasteiger charge is 2.57. The molecule has 9 heteroatoms. The second-order valence-electron chi connectivity index (χ2n) is 8.17. The van der Waals surface area contributed by atoms with Gasteiger partial charge in [-0.2, -0.15) is 0 Å². The number of aromatic nitrogens is 2. The van der Waals surface area contributed by atoms with Crippen LogP contribution in [0.25, 0.3) is 11.0 Å². The number of hydrogen-bond acceptors (Lipinski definition) is 8. The molecule has 0 aliphatic carbocycles. The lowest BCUT2D eigenvalue weighted by Gasteiger charge is -2.45. The molecule has 1 aromatic heterocycles. The van der Waals surface area contributed by atoms with E-state index in [0.29, 0.717) is 17.6 Å². The molecule has 172 valence electrons. The van der Waals surface area contributed by atoms with Crippen molar-refractivity contribution in [3.05, 3.63) is 59.4 Å².